The average molecular weight is 440 g/mol. The Kier molecular flexibility index (Phi) is 8.15. The molecule has 3 rings (SSSR count). The molecule has 2 aromatic rings. The monoisotopic (exact) mass is 439 g/mol. The van der Waals surface area contributed by atoms with E-state index in [2.05, 4.69) is 17.6 Å². The Morgan fingerprint density at radius 3 is 2.44 bits per heavy atom. The number of nitrogens with zero attached hydrogens (tertiary/aromatic N) is 3. The van der Waals surface area contributed by atoms with Gasteiger partial charge in [-0.05, 0) is 30.7 Å². The number of nitrogens with one attached hydrogen (secondary N) is 2. The summed E-state index contributed by atoms with van der Waals surface area (Å²) in [5.41, 5.74) is 1.18. The van der Waals surface area contributed by atoms with Crippen LogP contribution in [0.4, 0.5) is 17.1 Å². The molecule has 1 heterocycles. The minimum atomic E-state index is -0.489. The summed E-state index contributed by atoms with van der Waals surface area (Å²) in [6.45, 7) is 5.19. The number of nitro groups is 1. The van der Waals surface area contributed by atoms with Crippen molar-refractivity contribution in [1.29, 1.82) is 0 Å². The van der Waals surface area contributed by atoms with Crippen LogP contribution in [0.25, 0.3) is 0 Å². The third-order valence-electron chi connectivity index (χ3n) is 5.37. The van der Waals surface area contributed by atoms with Crippen molar-refractivity contribution < 1.29 is 14.5 Å². The number of nitro benzene ring substituents is 1. The first-order valence-electron chi connectivity index (χ1n) is 10.9. The van der Waals surface area contributed by atoms with Crippen LogP contribution in [-0.4, -0.2) is 65.8 Å². The Bertz CT molecular complexity index is 943. The Morgan fingerprint density at radius 1 is 1.06 bits per heavy atom. The van der Waals surface area contributed by atoms with Gasteiger partial charge in [0.25, 0.3) is 11.6 Å². The first-order valence-corrected chi connectivity index (χ1v) is 10.9. The summed E-state index contributed by atoms with van der Waals surface area (Å²) in [6.07, 6.45) is 1.99. The lowest BCUT2D eigenvalue weighted by Crippen LogP contribution is -2.51. The van der Waals surface area contributed by atoms with Gasteiger partial charge < -0.3 is 15.5 Å². The molecule has 9 heteroatoms. The SMILES string of the molecule is CCCCNC(=O)CN1CCN(C(=O)c2ccc(Nc3ccccc3)c([N+](=O)[O-])c2)CC1. The second-order valence-corrected chi connectivity index (χ2v) is 7.75. The maximum atomic E-state index is 12.9. The normalized spacial score (nSPS) is 14.1. The fourth-order valence-electron chi connectivity index (χ4n) is 3.55. The molecule has 1 aliphatic heterocycles. The molecule has 2 aromatic carbocycles. The first kappa shape index (κ1) is 23.2. The molecule has 1 saturated heterocycles. The van der Waals surface area contributed by atoms with E-state index in [1.54, 1.807) is 17.0 Å². The predicted octanol–water partition coefficient (Wildman–Crippen LogP) is 3.01. The summed E-state index contributed by atoms with van der Waals surface area (Å²) in [5, 5.41) is 17.5. The van der Waals surface area contributed by atoms with Crippen molar-refractivity contribution in [2.75, 3.05) is 44.6 Å². The molecule has 9 nitrogen and oxygen atoms in total. The van der Waals surface area contributed by atoms with Crippen molar-refractivity contribution in [3.63, 3.8) is 0 Å². The number of piperazine rings is 1. The number of anilines is 2. The molecule has 1 fully saturated rings. The summed E-state index contributed by atoms with van der Waals surface area (Å²) in [6, 6.07) is 13.6. The Morgan fingerprint density at radius 2 is 1.78 bits per heavy atom. The molecule has 2 amide bonds. The van der Waals surface area contributed by atoms with E-state index in [9.17, 15) is 19.7 Å². The standard InChI is InChI=1S/C23H29N5O4/c1-2-3-11-24-22(29)17-26-12-14-27(15-13-26)23(30)18-9-10-20(21(16-18)28(31)32)25-19-7-5-4-6-8-19/h4-10,16,25H,2-3,11-15,17H2,1H3,(H,24,29). The van der Waals surface area contributed by atoms with E-state index >= 15 is 0 Å². The molecule has 0 aliphatic carbocycles. The van der Waals surface area contributed by atoms with Crippen LogP contribution in [0.5, 0.6) is 0 Å². The van der Waals surface area contributed by atoms with Crippen LogP contribution in [0, 0.1) is 10.1 Å². The average Bonchev–Trinajstić information content (AvgIpc) is 2.80. The zero-order chi connectivity index (χ0) is 22.9. The van der Waals surface area contributed by atoms with E-state index in [0.717, 1.165) is 18.5 Å². The van der Waals surface area contributed by atoms with Gasteiger partial charge in [0.15, 0.2) is 0 Å². The number of rotatable bonds is 9. The van der Waals surface area contributed by atoms with E-state index in [1.165, 1.54) is 6.07 Å². The lowest BCUT2D eigenvalue weighted by Gasteiger charge is -2.34. The minimum absolute atomic E-state index is 0.00430. The highest BCUT2D eigenvalue weighted by molar-refractivity contribution is 5.96. The third kappa shape index (κ3) is 6.27. The number of amides is 2. The van der Waals surface area contributed by atoms with Gasteiger partial charge in [-0.2, -0.15) is 0 Å². The lowest BCUT2D eigenvalue weighted by molar-refractivity contribution is -0.383. The lowest BCUT2D eigenvalue weighted by atomic mass is 10.1. The zero-order valence-corrected chi connectivity index (χ0v) is 18.3. The maximum Gasteiger partial charge on any atom is 0.293 e. The molecule has 0 saturated carbocycles. The van der Waals surface area contributed by atoms with E-state index < -0.39 is 4.92 Å². The minimum Gasteiger partial charge on any atom is -0.355 e. The fourth-order valence-corrected chi connectivity index (χ4v) is 3.55. The van der Waals surface area contributed by atoms with Gasteiger partial charge in [-0.3, -0.25) is 24.6 Å². The van der Waals surface area contributed by atoms with E-state index in [1.807, 2.05) is 35.2 Å². The van der Waals surface area contributed by atoms with Crippen LogP contribution in [-0.2, 0) is 4.79 Å². The van der Waals surface area contributed by atoms with Crippen molar-refractivity contribution >= 4 is 28.9 Å². The summed E-state index contributed by atoms with van der Waals surface area (Å²) in [5.74, 6) is -0.248. The van der Waals surface area contributed by atoms with E-state index in [4.69, 9.17) is 0 Å². The molecule has 0 spiro atoms. The number of unbranched alkanes of at least 4 members (excludes halogenated alkanes) is 1. The van der Waals surface area contributed by atoms with Crippen molar-refractivity contribution in [3.8, 4) is 0 Å². The highest BCUT2D eigenvalue weighted by atomic mass is 16.6. The maximum absolute atomic E-state index is 12.9. The van der Waals surface area contributed by atoms with Crippen LogP contribution in [0.2, 0.25) is 0 Å². The fraction of sp³-hybridized carbons (Fsp3) is 0.391. The first-order chi connectivity index (χ1) is 15.5. The molecule has 0 bridgehead atoms. The Hall–Kier alpha value is -3.46. The number of carbonyl (C=O) groups is 2. The number of para-hydroxylation sites is 1. The molecular weight excluding hydrogens is 410 g/mol. The predicted molar refractivity (Wildman–Crippen MR) is 123 cm³/mol. The quantitative estimate of drug-likeness (QED) is 0.353. The van der Waals surface area contributed by atoms with Gasteiger partial charge in [-0.25, -0.2) is 0 Å². The second-order valence-electron chi connectivity index (χ2n) is 7.75. The molecule has 32 heavy (non-hydrogen) atoms. The molecule has 170 valence electrons. The molecule has 1 aliphatic rings. The summed E-state index contributed by atoms with van der Waals surface area (Å²) in [7, 11) is 0. The summed E-state index contributed by atoms with van der Waals surface area (Å²) in [4.78, 5) is 39.7. The van der Waals surface area contributed by atoms with Gasteiger partial charge in [0.05, 0.1) is 11.5 Å². The van der Waals surface area contributed by atoms with Crippen LogP contribution in [0.1, 0.15) is 30.1 Å². The van der Waals surface area contributed by atoms with Crippen LogP contribution < -0.4 is 10.6 Å². The number of hydrogen-bond acceptors (Lipinski definition) is 6. The highest BCUT2D eigenvalue weighted by Gasteiger charge is 2.25. The molecule has 0 atom stereocenters. The zero-order valence-electron chi connectivity index (χ0n) is 18.3. The highest BCUT2D eigenvalue weighted by Crippen LogP contribution is 2.29. The molecule has 0 aromatic heterocycles. The molecular formula is C23H29N5O4. The smallest absolute Gasteiger partial charge is 0.293 e. The number of carbonyl (C=O) groups excluding carboxylic acids is 2. The summed E-state index contributed by atoms with van der Waals surface area (Å²) < 4.78 is 0. The Balaban J connectivity index is 1.60. The van der Waals surface area contributed by atoms with Gasteiger partial charge in [-0.15, -0.1) is 0 Å². The van der Waals surface area contributed by atoms with Gasteiger partial charge >= 0.3 is 0 Å². The van der Waals surface area contributed by atoms with Crippen LogP contribution in [0.15, 0.2) is 48.5 Å². The number of hydrogen-bond donors (Lipinski definition) is 2. The topological polar surface area (TPSA) is 108 Å². The van der Waals surface area contributed by atoms with Crippen molar-refractivity contribution in [1.82, 2.24) is 15.1 Å². The van der Waals surface area contributed by atoms with Crippen LogP contribution in [0.3, 0.4) is 0 Å². The van der Waals surface area contributed by atoms with Gasteiger partial charge in [0.1, 0.15) is 5.69 Å². The Labute approximate surface area is 187 Å². The summed E-state index contributed by atoms with van der Waals surface area (Å²) >= 11 is 0. The van der Waals surface area contributed by atoms with Gasteiger partial charge in [0.2, 0.25) is 5.91 Å². The largest absolute Gasteiger partial charge is 0.355 e. The molecule has 0 radical (unpaired) electrons. The molecule has 0 unspecified atom stereocenters. The second kappa shape index (κ2) is 11.2. The van der Waals surface area contributed by atoms with E-state index in [-0.39, 0.29) is 23.1 Å². The van der Waals surface area contributed by atoms with Crippen molar-refractivity contribution in [2.24, 2.45) is 0 Å². The van der Waals surface area contributed by atoms with Gasteiger partial charge in [0, 0.05) is 50.0 Å². The van der Waals surface area contributed by atoms with Gasteiger partial charge in [-0.1, -0.05) is 31.5 Å². The molecule has 2 N–H and O–H groups in total. The van der Waals surface area contributed by atoms with Crippen molar-refractivity contribution in [3.05, 3.63) is 64.2 Å². The van der Waals surface area contributed by atoms with Crippen molar-refractivity contribution in [2.45, 2.75) is 19.8 Å². The third-order valence-corrected chi connectivity index (χ3v) is 5.37. The van der Waals surface area contributed by atoms with Crippen LogP contribution >= 0.6 is 0 Å². The number of benzene rings is 2. The van der Waals surface area contributed by atoms with E-state index in [0.29, 0.717) is 45.0 Å².